The average Bonchev–Trinajstić information content (AvgIpc) is 3.31. The van der Waals surface area contributed by atoms with Crippen molar-refractivity contribution in [3.05, 3.63) is 64.1 Å². The highest BCUT2D eigenvalue weighted by Crippen LogP contribution is 2.32. The molecule has 2 aliphatic heterocycles. The molecule has 156 valence electrons. The standard InChI is InChI=1S/C23H25N3O4/c27-18-4-1-15(2-5-18)14-26-12-9-20(22(26)28)25-10-7-16(8-11-25)17-3-6-19-21(13-17)30-23(29)24-19/h1-6,13,16,20,27H,7-12,14H2,(H,24,29)/t20-/m1/s1. The minimum absolute atomic E-state index is 0.0340. The first-order valence-electron chi connectivity index (χ1n) is 10.5. The summed E-state index contributed by atoms with van der Waals surface area (Å²) in [5.74, 6) is 0.436. The highest BCUT2D eigenvalue weighted by molar-refractivity contribution is 5.84. The molecule has 0 radical (unpaired) electrons. The van der Waals surface area contributed by atoms with Crippen LogP contribution in [-0.4, -0.2) is 51.5 Å². The second-order valence-corrected chi connectivity index (χ2v) is 8.31. The lowest BCUT2D eigenvalue weighted by molar-refractivity contribution is -0.133. The van der Waals surface area contributed by atoms with Gasteiger partial charge in [0.2, 0.25) is 5.91 Å². The number of hydrogen-bond donors (Lipinski definition) is 2. The number of carbonyl (C=O) groups is 1. The number of likely N-dealkylation sites (tertiary alicyclic amines) is 2. The molecule has 3 aromatic rings. The zero-order valence-corrected chi connectivity index (χ0v) is 16.7. The first-order chi connectivity index (χ1) is 14.6. The van der Waals surface area contributed by atoms with Gasteiger partial charge in [0.05, 0.1) is 11.6 Å². The second kappa shape index (κ2) is 7.65. The Balaban J connectivity index is 1.20. The summed E-state index contributed by atoms with van der Waals surface area (Å²) in [7, 11) is 0. The van der Waals surface area contributed by atoms with Crippen molar-refractivity contribution in [3.63, 3.8) is 0 Å². The molecular weight excluding hydrogens is 382 g/mol. The first-order valence-corrected chi connectivity index (χ1v) is 10.5. The Morgan fingerprint density at radius 1 is 1.00 bits per heavy atom. The molecule has 7 nitrogen and oxygen atoms in total. The largest absolute Gasteiger partial charge is 0.508 e. The van der Waals surface area contributed by atoms with Gasteiger partial charge in [-0.3, -0.25) is 14.7 Å². The van der Waals surface area contributed by atoms with Crippen molar-refractivity contribution >= 4 is 17.0 Å². The zero-order valence-electron chi connectivity index (χ0n) is 16.7. The maximum Gasteiger partial charge on any atom is 0.417 e. The lowest BCUT2D eigenvalue weighted by Crippen LogP contribution is -2.45. The topological polar surface area (TPSA) is 89.8 Å². The Labute approximate surface area is 173 Å². The summed E-state index contributed by atoms with van der Waals surface area (Å²) in [6.07, 6.45) is 2.84. The van der Waals surface area contributed by atoms with E-state index in [1.807, 2.05) is 29.2 Å². The molecule has 1 amide bonds. The maximum atomic E-state index is 13.0. The van der Waals surface area contributed by atoms with Gasteiger partial charge < -0.3 is 14.4 Å². The average molecular weight is 407 g/mol. The number of phenols is 1. The molecule has 2 saturated heterocycles. The third-order valence-electron chi connectivity index (χ3n) is 6.47. The van der Waals surface area contributed by atoms with Gasteiger partial charge in [-0.25, -0.2) is 4.79 Å². The molecule has 0 aliphatic carbocycles. The minimum atomic E-state index is -0.423. The van der Waals surface area contributed by atoms with Gasteiger partial charge in [0.25, 0.3) is 0 Å². The molecule has 2 fully saturated rings. The number of aromatic hydroxyl groups is 1. The number of oxazole rings is 1. The third kappa shape index (κ3) is 3.61. The van der Waals surface area contributed by atoms with E-state index in [2.05, 4.69) is 16.0 Å². The van der Waals surface area contributed by atoms with Gasteiger partial charge in [-0.15, -0.1) is 0 Å². The van der Waals surface area contributed by atoms with Crippen LogP contribution in [0.1, 0.15) is 36.3 Å². The predicted octanol–water partition coefficient (Wildman–Crippen LogP) is 2.81. The van der Waals surface area contributed by atoms with E-state index in [0.717, 1.165) is 50.0 Å². The maximum absolute atomic E-state index is 13.0. The van der Waals surface area contributed by atoms with E-state index in [1.165, 1.54) is 5.56 Å². The van der Waals surface area contributed by atoms with Crippen molar-refractivity contribution in [2.24, 2.45) is 0 Å². The molecular formula is C23H25N3O4. The summed E-state index contributed by atoms with van der Waals surface area (Å²) < 4.78 is 5.20. The second-order valence-electron chi connectivity index (χ2n) is 8.31. The van der Waals surface area contributed by atoms with Crippen LogP contribution in [0.15, 0.2) is 51.7 Å². The van der Waals surface area contributed by atoms with Crippen LogP contribution in [0.3, 0.4) is 0 Å². The smallest absolute Gasteiger partial charge is 0.417 e. The van der Waals surface area contributed by atoms with E-state index in [-0.39, 0.29) is 17.7 Å². The number of amides is 1. The molecule has 0 saturated carbocycles. The number of rotatable bonds is 4. The Bertz CT molecular complexity index is 1110. The number of phenolic OH excluding ortho intramolecular Hbond substituents is 1. The van der Waals surface area contributed by atoms with Gasteiger partial charge >= 0.3 is 5.76 Å². The number of fused-ring (bicyclic) bond motifs is 1. The van der Waals surface area contributed by atoms with E-state index in [0.29, 0.717) is 18.0 Å². The summed E-state index contributed by atoms with van der Waals surface area (Å²) in [6, 6.07) is 13.0. The monoisotopic (exact) mass is 407 g/mol. The fraction of sp³-hybridized carbons (Fsp3) is 0.391. The van der Waals surface area contributed by atoms with Gasteiger partial charge in [0, 0.05) is 13.1 Å². The number of aromatic amines is 1. The fourth-order valence-electron chi connectivity index (χ4n) is 4.80. The molecule has 30 heavy (non-hydrogen) atoms. The third-order valence-corrected chi connectivity index (χ3v) is 6.47. The lowest BCUT2D eigenvalue weighted by Gasteiger charge is -2.35. The van der Waals surface area contributed by atoms with Gasteiger partial charge in [-0.1, -0.05) is 18.2 Å². The Morgan fingerprint density at radius 2 is 1.77 bits per heavy atom. The van der Waals surface area contributed by atoms with Gasteiger partial charge in [-0.2, -0.15) is 0 Å². The number of aromatic nitrogens is 1. The highest BCUT2D eigenvalue weighted by Gasteiger charge is 2.37. The molecule has 0 bridgehead atoms. The Kier molecular flexibility index (Phi) is 4.83. The van der Waals surface area contributed by atoms with E-state index >= 15 is 0 Å². The number of carbonyl (C=O) groups excluding carboxylic acids is 1. The van der Waals surface area contributed by atoms with Crippen LogP contribution < -0.4 is 5.76 Å². The summed E-state index contributed by atoms with van der Waals surface area (Å²) >= 11 is 0. The van der Waals surface area contributed by atoms with Crippen LogP contribution in [0.2, 0.25) is 0 Å². The zero-order chi connectivity index (χ0) is 20.7. The molecule has 2 aliphatic rings. The van der Waals surface area contributed by atoms with Crippen molar-refractivity contribution < 1.29 is 14.3 Å². The van der Waals surface area contributed by atoms with Crippen LogP contribution in [-0.2, 0) is 11.3 Å². The number of piperidine rings is 1. The summed E-state index contributed by atoms with van der Waals surface area (Å²) in [5.41, 5.74) is 3.56. The first kappa shape index (κ1) is 18.9. The molecule has 7 heteroatoms. The lowest BCUT2D eigenvalue weighted by atomic mass is 9.88. The number of nitrogens with one attached hydrogen (secondary N) is 1. The molecule has 3 heterocycles. The van der Waals surface area contributed by atoms with Crippen molar-refractivity contribution in [3.8, 4) is 5.75 Å². The number of hydrogen-bond acceptors (Lipinski definition) is 5. The quantitative estimate of drug-likeness (QED) is 0.694. The van der Waals surface area contributed by atoms with Crippen LogP contribution in [0.4, 0.5) is 0 Å². The van der Waals surface area contributed by atoms with Gasteiger partial charge in [0.15, 0.2) is 5.58 Å². The fourth-order valence-corrected chi connectivity index (χ4v) is 4.80. The number of benzene rings is 2. The van der Waals surface area contributed by atoms with Crippen molar-refractivity contribution in [2.75, 3.05) is 19.6 Å². The van der Waals surface area contributed by atoms with E-state index in [9.17, 15) is 14.7 Å². The van der Waals surface area contributed by atoms with Crippen LogP contribution >= 0.6 is 0 Å². The van der Waals surface area contributed by atoms with Crippen LogP contribution in [0, 0.1) is 0 Å². The normalized spacial score (nSPS) is 21.0. The number of nitrogens with zero attached hydrogens (tertiary/aromatic N) is 2. The van der Waals surface area contributed by atoms with Crippen LogP contribution in [0.5, 0.6) is 5.75 Å². The van der Waals surface area contributed by atoms with E-state index in [4.69, 9.17) is 4.42 Å². The Hall–Kier alpha value is -3.06. The van der Waals surface area contributed by atoms with Crippen molar-refractivity contribution in [2.45, 2.75) is 37.8 Å². The molecule has 2 aromatic carbocycles. The summed E-state index contributed by atoms with van der Waals surface area (Å²) in [5, 5.41) is 9.43. The van der Waals surface area contributed by atoms with Gasteiger partial charge in [-0.05, 0) is 73.7 Å². The number of H-pyrrole nitrogens is 1. The molecule has 2 N–H and O–H groups in total. The van der Waals surface area contributed by atoms with Crippen molar-refractivity contribution in [1.29, 1.82) is 0 Å². The Morgan fingerprint density at radius 3 is 2.53 bits per heavy atom. The SMILES string of the molecule is O=C1[C@H](N2CCC(c3ccc4[nH]c(=O)oc4c3)CC2)CCN1Cc1ccc(O)cc1. The summed E-state index contributed by atoms with van der Waals surface area (Å²) in [6.45, 7) is 3.15. The predicted molar refractivity (Wildman–Crippen MR) is 112 cm³/mol. The van der Waals surface area contributed by atoms with Crippen LogP contribution in [0.25, 0.3) is 11.1 Å². The molecule has 0 spiro atoms. The molecule has 5 rings (SSSR count). The van der Waals surface area contributed by atoms with E-state index < -0.39 is 5.76 Å². The summed E-state index contributed by atoms with van der Waals surface area (Å²) in [4.78, 5) is 31.3. The van der Waals surface area contributed by atoms with E-state index in [1.54, 1.807) is 12.1 Å². The molecule has 1 atom stereocenters. The molecule has 0 unspecified atom stereocenters. The highest BCUT2D eigenvalue weighted by atomic mass is 16.4. The minimum Gasteiger partial charge on any atom is -0.508 e. The molecule has 1 aromatic heterocycles. The van der Waals surface area contributed by atoms with Crippen molar-refractivity contribution in [1.82, 2.24) is 14.8 Å². The van der Waals surface area contributed by atoms with Gasteiger partial charge in [0.1, 0.15) is 5.75 Å².